The topological polar surface area (TPSA) is 84.2 Å². The van der Waals surface area contributed by atoms with Crippen LogP contribution >= 0.6 is 0 Å². The SMILES string of the molecule is [CH-]=C(/C(C)=C\C(=[CH-])[C@@H](O)CC=C)c1cc2cnc(NC(=O)[C@@H]3CC3(F)F)cc2n(C)c1=O.[Li+]. The molecule has 9 heteroatoms. The number of amides is 1. The first-order chi connectivity index (χ1) is 15.0. The molecule has 0 aliphatic heterocycles. The molecule has 1 aliphatic rings. The number of aromatic nitrogens is 2. The summed E-state index contributed by atoms with van der Waals surface area (Å²) in [4.78, 5) is 28.9. The number of aliphatic hydroxyl groups excluding tert-OH is 1. The van der Waals surface area contributed by atoms with Crippen molar-refractivity contribution in [2.24, 2.45) is 13.0 Å². The van der Waals surface area contributed by atoms with Gasteiger partial charge in [-0.1, -0.05) is 17.7 Å². The van der Waals surface area contributed by atoms with Crippen molar-refractivity contribution < 1.29 is 37.5 Å². The fourth-order valence-corrected chi connectivity index (χ4v) is 3.27. The molecule has 0 radical (unpaired) electrons. The van der Waals surface area contributed by atoms with Crippen molar-refractivity contribution in [3.05, 3.63) is 77.3 Å². The van der Waals surface area contributed by atoms with Crippen LogP contribution in [0.4, 0.5) is 14.6 Å². The molecule has 1 saturated carbocycles. The minimum Gasteiger partial charge on any atom is -0.391 e. The van der Waals surface area contributed by atoms with Gasteiger partial charge in [0, 0.05) is 37.2 Å². The van der Waals surface area contributed by atoms with Gasteiger partial charge in [0.05, 0.1) is 5.52 Å². The van der Waals surface area contributed by atoms with E-state index in [1.807, 2.05) is 0 Å². The molecule has 0 unspecified atom stereocenters. The third-order valence-corrected chi connectivity index (χ3v) is 5.37. The minimum absolute atomic E-state index is 0. The van der Waals surface area contributed by atoms with Crippen LogP contribution in [0, 0.1) is 19.1 Å². The van der Waals surface area contributed by atoms with Gasteiger partial charge < -0.3 is 15.0 Å². The number of aliphatic hydroxyl groups is 1. The van der Waals surface area contributed by atoms with Crippen LogP contribution in [-0.2, 0) is 11.8 Å². The largest absolute Gasteiger partial charge is 1.00 e. The maximum atomic E-state index is 13.1. The van der Waals surface area contributed by atoms with Crippen LogP contribution in [0.25, 0.3) is 16.5 Å². The monoisotopic (exact) mass is 446 g/mol. The number of carbonyl (C=O) groups is 1. The summed E-state index contributed by atoms with van der Waals surface area (Å²) in [5.41, 5.74) is 1.08. The molecule has 33 heavy (non-hydrogen) atoms. The Morgan fingerprint density at radius 1 is 1.45 bits per heavy atom. The van der Waals surface area contributed by atoms with Crippen LogP contribution in [-0.4, -0.2) is 32.6 Å². The van der Waals surface area contributed by atoms with Crippen LogP contribution < -0.4 is 29.7 Å². The van der Waals surface area contributed by atoms with E-state index in [2.05, 4.69) is 16.9 Å². The first-order valence-electron chi connectivity index (χ1n) is 9.87. The first kappa shape index (κ1) is 26.5. The molecule has 0 bridgehead atoms. The van der Waals surface area contributed by atoms with Crippen molar-refractivity contribution in [2.75, 3.05) is 5.32 Å². The van der Waals surface area contributed by atoms with E-state index in [1.165, 1.54) is 36.0 Å². The van der Waals surface area contributed by atoms with Crippen LogP contribution in [0.3, 0.4) is 0 Å². The first-order valence-corrected chi connectivity index (χ1v) is 9.87. The molecule has 3 rings (SSSR count). The summed E-state index contributed by atoms with van der Waals surface area (Å²) in [5, 5.41) is 12.9. The number of fused-ring (bicyclic) bond motifs is 1. The van der Waals surface area contributed by atoms with E-state index in [9.17, 15) is 23.5 Å². The van der Waals surface area contributed by atoms with E-state index in [4.69, 9.17) is 13.2 Å². The zero-order valence-electron chi connectivity index (χ0n) is 18.7. The smallest absolute Gasteiger partial charge is 0.391 e. The average molecular weight is 446 g/mol. The fraction of sp³-hybridized carbons (Fsp3) is 0.292. The molecule has 0 saturated heterocycles. The number of rotatable bonds is 8. The third kappa shape index (κ3) is 5.59. The van der Waals surface area contributed by atoms with Gasteiger partial charge in [0.2, 0.25) is 11.5 Å². The van der Waals surface area contributed by atoms with Crippen LogP contribution in [0.5, 0.6) is 0 Å². The summed E-state index contributed by atoms with van der Waals surface area (Å²) in [6.45, 7) is 17.3. The number of allylic oxidation sites excluding steroid dienone is 2. The second-order valence-electron chi connectivity index (χ2n) is 7.84. The minimum atomic E-state index is -2.98. The molecule has 2 aromatic heterocycles. The number of pyridine rings is 2. The normalized spacial score (nSPS) is 17.6. The Hall–Kier alpha value is -2.79. The number of anilines is 1. The van der Waals surface area contributed by atoms with E-state index in [0.29, 0.717) is 16.5 Å². The molecular weight excluding hydrogens is 423 g/mol. The second kappa shape index (κ2) is 10.00. The molecule has 2 aromatic rings. The van der Waals surface area contributed by atoms with Gasteiger partial charge in [-0.15, -0.1) is 13.5 Å². The molecule has 0 spiro atoms. The second-order valence-corrected chi connectivity index (χ2v) is 7.84. The van der Waals surface area contributed by atoms with Gasteiger partial charge in [-0.25, -0.2) is 37.1 Å². The Morgan fingerprint density at radius 3 is 2.67 bits per heavy atom. The molecule has 0 aromatic carbocycles. The van der Waals surface area contributed by atoms with Gasteiger partial charge >= 0.3 is 18.9 Å². The Kier molecular flexibility index (Phi) is 8.02. The number of hydrogen-bond donors (Lipinski definition) is 2. The van der Waals surface area contributed by atoms with Crippen LogP contribution in [0.2, 0.25) is 0 Å². The molecule has 2 N–H and O–H groups in total. The van der Waals surface area contributed by atoms with Gasteiger partial charge in [-0.05, 0) is 6.42 Å². The molecular formula is C24H23F2LiN3O3-. The maximum absolute atomic E-state index is 13.1. The number of nitrogens with one attached hydrogen (secondary N) is 1. The summed E-state index contributed by atoms with van der Waals surface area (Å²) >= 11 is 0. The Labute approximate surface area is 202 Å². The van der Waals surface area contributed by atoms with E-state index < -0.39 is 35.8 Å². The summed E-state index contributed by atoms with van der Waals surface area (Å²) < 4.78 is 27.5. The zero-order valence-corrected chi connectivity index (χ0v) is 18.7. The molecule has 2 heterocycles. The third-order valence-electron chi connectivity index (χ3n) is 5.37. The number of halogens is 2. The quantitative estimate of drug-likeness (QED) is 0.269. The Balaban J connectivity index is 0.00000385. The van der Waals surface area contributed by atoms with Crippen molar-refractivity contribution >= 4 is 28.2 Å². The van der Waals surface area contributed by atoms with Gasteiger partial charge in [-0.2, -0.15) is 0 Å². The standard InChI is InChI=1S/C24H23F2N3O3.Li/c1-6-7-20(30)14(3)8-13(2)15(4)17-9-16-12-27-21(10-19(16)29(5)23(17)32)28-22(31)18-11-24(18,25)26;/h3-4,6,8-10,12,18,20,30H,1,7,11H2,2,5H3,(H,27,28,31);/q-2;+1/b13-8-;/t18-,20-;/m0./s1. The van der Waals surface area contributed by atoms with E-state index in [-0.39, 0.29) is 47.8 Å². The van der Waals surface area contributed by atoms with Crippen molar-refractivity contribution in [2.45, 2.75) is 31.8 Å². The van der Waals surface area contributed by atoms with E-state index in [0.717, 1.165) is 0 Å². The Bertz CT molecular complexity index is 1230. The Morgan fingerprint density at radius 2 is 2.09 bits per heavy atom. The molecule has 2 atom stereocenters. The van der Waals surface area contributed by atoms with Crippen LogP contribution in [0.15, 0.2) is 53.0 Å². The van der Waals surface area contributed by atoms with Gasteiger partial charge in [0.25, 0.3) is 5.92 Å². The average Bonchev–Trinajstić information content (AvgIpc) is 3.38. The number of hydrogen-bond acceptors (Lipinski definition) is 4. The number of aryl methyl sites for hydroxylation is 1. The molecule has 1 aliphatic carbocycles. The van der Waals surface area contributed by atoms with Crippen molar-refractivity contribution in [1.29, 1.82) is 0 Å². The molecule has 1 amide bonds. The number of carbonyl (C=O) groups excluding carboxylic acids is 1. The summed E-state index contributed by atoms with van der Waals surface area (Å²) in [7, 11) is 1.52. The predicted molar refractivity (Wildman–Crippen MR) is 119 cm³/mol. The van der Waals surface area contributed by atoms with E-state index in [1.54, 1.807) is 13.0 Å². The van der Waals surface area contributed by atoms with Crippen molar-refractivity contribution in [3.63, 3.8) is 0 Å². The maximum Gasteiger partial charge on any atom is 1.00 e. The molecule has 6 nitrogen and oxygen atoms in total. The van der Waals surface area contributed by atoms with Crippen molar-refractivity contribution in [3.8, 4) is 0 Å². The van der Waals surface area contributed by atoms with Gasteiger partial charge in [-0.3, -0.25) is 22.2 Å². The number of alkyl halides is 2. The zero-order chi connectivity index (χ0) is 23.8. The molecule has 1 fully saturated rings. The molecule has 168 valence electrons. The summed E-state index contributed by atoms with van der Waals surface area (Å²) in [6, 6.07) is 2.99. The predicted octanol–water partition coefficient (Wildman–Crippen LogP) is 0.590. The van der Waals surface area contributed by atoms with Crippen LogP contribution in [0.1, 0.15) is 25.3 Å². The summed E-state index contributed by atoms with van der Waals surface area (Å²) in [6.07, 6.45) is 3.33. The van der Waals surface area contributed by atoms with Gasteiger partial charge in [0.1, 0.15) is 11.7 Å². The summed E-state index contributed by atoms with van der Waals surface area (Å²) in [5.74, 6) is -5.08. The van der Waals surface area contributed by atoms with E-state index >= 15 is 0 Å². The fourth-order valence-electron chi connectivity index (χ4n) is 3.27. The van der Waals surface area contributed by atoms with Gasteiger partial charge in [0.15, 0.2) is 0 Å². The number of nitrogens with zero attached hydrogens (tertiary/aromatic N) is 2. The van der Waals surface area contributed by atoms with Crippen molar-refractivity contribution in [1.82, 2.24) is 9.55 Å².